The minimum atomic E-state index is -2.96. The molecule has 0 bridgehead atoms. The predicted molar refractivity (Wildman–Crippen MR) is 325 cm³/mol. The molecule has 0 spiro atoms. The van der Waals surface area contributed by atoms with Crippen LogP contribution in [0.15, 0.2) is 109 Å². The molecule has 2 aliphatic rings. The van der Waals surface area contributed by atoms with E-state index in [2.05, 4.69) is 48.1 Å². The quantitative estimate of drug-likeness (QED) is 0.0319. The van der Waals surface area contributed by atoms with Gasteiger partial charge in [-0.05, 0) is 117 Å². The Morgan fingerprint density at radius 3 is 2.14 bits per heavy atom. The second kappa shape index (κ2) is 33.8. The van der Waals surface area contributed by atoms with Gasteiger partial charge in [-0.15, -0.1) is 16.4 Å². The first-order valence-corrected chi connectivity index (χ1v) is 30.6. The smallest absolute Gasteiger partial charge is 0.325 e. The lowest BCUT2D eigenvalue weighted by molar-refractivity contribution is -0.164. The van der Waals surface area contributed by atoms with Crippen molar-refractivity contribution in [2.24, 2.45) is 0 Å². The van der Waals surface area contributed by atoms with Crippen molar-refractivity contribution >= 4 is 57.5 Å². The number of unbranched alkanes of at least 4 members (excludes halogenated alkanes) is 1. The SMILES string of the molecule is CN(CCCCOc1ccc(CCC(=O)N(C2CC(F)(F)C2)C(C(=O)NCc2ccc(Cl)cc2)c2ccc(F)cc2)cc1)CCOCCOCCc1cn(CCOCCOc2ccc(NC(=O)Nc3nc(CC(=O)N4CCN(C)CC4)cs3)cc2)nn1. The number of carbonyl (C=O) groups is 4. The molecule has 2 fully saturated rings. The number of amides is 5. The van der Waals surface area contributed by atoms with Gasteiger partial charge in [-0.3, -0.25) is 19.7 Å². The molecule has 87 heavy (non-hydrogen) atoms. The van der Waals surface area contributed by atoms with Crippen molar-refractivity contribution in [1.82, 2.24) is 44.9 Å². The van der Waals surface area contributed by atoms with Gasteiger partial charge < -0.3 is 53.9 Å². The van der Waals surface area contributed by atoms with Gasteiger partial charge in [-0.1, -0.05) is 53.2 Å². The molecule has 1 atom stereocenters. The second-order valence-electron chi connectivity index (χ2n) is 21.5. The third-order valence-corrected chi connectivity index (χ3v) is 15.8. The molecule has 6 aromatic rings. The molecular formula is C62H77ClF3N11O9S. The third-order valence-electron chi connectivity index (χ3n) is 14.7. The predicted octanol–water partition coefficient (Wildman–Crippen LogP) is 8.57. The average Bonchev–Trinajstić information content (AvgIpc) is 1.65. The molecule has 20 nitrogen and oxygen atoms in total. The number of ether oxygens (including phenoxy) is 5. The first kappa shape index (κ1) is 65.8. The van der Waals surface area contributed by atoms with Crippen LogP contribution in [0.1, 0.15) is 66.2 Å². The Hall–Kier alpha value is -7.19. The monoisotopic (exact) mass is 1240 g/mol. The maximum Gasteiger partial charge on any atom is 0.325 e. The first-order valence-electron chi connectivity index (χ1n) is 29.3. The summed E-state index contributed by atoms with van der Waals surface area (Å²) in [6.45, 7) is 9.12. The Bertz CT molecular complexity index is 3080. The Balaban J connectivity index is 0.615. The Morgan fingerprint density at radius 1 is 0.747 bits per heavy atom. The van der Waals surface area contributed by atoms with Crippen LogP contribution in [0.25, 0.3) is 0 Å². The van der Waals surface area contributed by atoms with Gasteiger partial charge in [0.25, 0.3) is 5.92 Å². The molecule has 3 N–H and O–H groups in total. The third kappa shape index (κ3) is 22.2. The molecule has 5 amide bonds. The van der Waals surface area contributed by atoms with Gasteiger partial charge in [0.1, 0.15) is 30.0 Å². The maximum absolute atomic E-state index is 14.3. The lowest BCUT2D eigenvalue weighted by atomic mass is 9.84. The van der Waals surface area contributed by atoms with Crippen molar-refractivity contribution < 1.29 is 56.0 Å². The van der Waals surface area contributed by atoms with Gasteiger partial charge in [0.2, 0.25) is 17.7 Å². The summed E-state index contributed by atoms with van der Waals surface area (Å²) in [5.74, 6) is -3.14. The van der Waals surface area contributed by atoms with Crippen LogP contribution in [0, 0.1) is 5.82 Å². The topological polar surface area (TPSA) is 207 Å². The van der Waals surface area contributed by atoms with E-state index in [0.717, 1.165) is 55.8 Å². The van der Waals surface area contributed by atoms with E-state index >= 15 is 0 Å². The Labute approximate surface area is 514 Å². The zero-order valence-electron chi connectivity index (χ0n) is 49.2. The average molecular weight is 1240 g/mol. The highest BCUT2D eigenvalue weighted by Gasteiger charge is 2.51. The normalized spacial score (nSPS) is 14.5. The van der Waals surface area contributed by atoms with Crippen molar-refractivity contribution in [3.63, 3.8) is 0 Å². The number of rotatable bonds is 35. The molecule has 468 valence electrons. The van der Waals surface area contributed by atoms with E-state index < -0.39 is 54.5 Å². The van der Waals surface area contributed by atoms with Gasteiger partial charge >= 0.3 is 6.03 Å². The largest absolute Gasteiger partial charge is 0.494 e. The highest BCUT2D eigenvalue weighted by atomic mass is 35.5. The molecule has 4 aromatic carbocycles. The number of carbonyl (C=O) groups excluding carboxylic acids is 4. The van der Waals surface area contributed by atoms with Crippen LogP contribution in [0.4, 0.5) is 28.8 Å². The summed E-state index contributed by atoms with van der Waals surface area (Å²) in [6, 6.07) is 23.9. The standard InChI is InChI=1S/C62H77ClF3N11O9S/c1-73(24-3-4-31-85-54-18-7-45(8-19-54)9-22-56(78)77(53-40-62(65,66)41-53)58(47-10-14-49(64)15-11-47)59(80)67-42-46-5-12-48(63)13-6-46)29-33-83-36-35-82-32-23-51-43-76(72-71-51)30-34-84-37-38-86-55-20-16-50(17-21-55)68-60(81)70-61-69-52(44-87-61)39-57(79)75-27-25-74(2)26-28-75/h5-8,10-21,43-44,53,58H,3-4,9,22-42H2,1-2H3,(H,67,80)(H2,68,69,70,81). The lowest BCUT2D eigenvalue weighted by Gasteiger charge is -2.45. The minimum Gasteiger partial charge on any atom is -0.494 e. The second-order valence-corrected chi connectivity index (χ2v) is 22.8. The van der Waals surface area contributed by atoms with Crippen LogP contribution in [-0.4, -0.2) is 182 Å². The van der Waals surface area contributed by atoms with E-state index in [9.17, 15) is 32.3 Å². The van der Waals surface area contributed by atoms with Crippen LogP contribution in [0.2, 0.25) is 5.02 Å². The number of aryl methyl sites for hydroxylation is 1. The van der Waals surface area contributed by atoms with E-state index in [1.54, 1.807) is 58.6 Å². The zero-order valence-corrected chi connectivity index (χ0v) is 50.8. The van der Waals surface area contributed by atoms with Crippen LogP contribution in [-0.2, 0) is 60.9 Å². The highest BCUT2D eigenvalue weighted by Crippen LogP contribution is 2.44. The van der Waals surface area contributed by atoms with Crippen molar-refractivity contribution in [1.29, 1.82) is 0 Å². The number of hydrogen-bond donors (Lipinski definition) is 3. The van der Waals surface area contributed by atoms with Crippen LogP contribution in [0.3, 0.4) is 0 Å². The fourth-order valence-electron chi connectivity index (χ4n) is 9.70. The number of alkyl halides is 2. The fourth-order valence-corrected chi connectivity index (χ4v) is 10.5. The van der Waals surface area contributed by atoms with E-state index in [1.165, 1.54) is 40.5 Å². The van der Waals surface area contributed by atoms with E-state index in [-0.39, 0.29) is 25.3 Å². The number of halogens is 4. The van der Waals surface area contributed by atoms with Crippen molar-refractivity contribution in [3.05, 3.63) is 148 Å². The summed E-state index contributed by atoms with van der Waals surface area (Å²) in [5, 5.41) is 19.5. The van der Waals surface area contributed by atoms with Gasteiger partial charge in [0, 0.05) is 93.3 Å². The van der Waals surface area contributed by atoms with E-state index in [1.807, 2.05) is 42.4 Å². The molecule has 2 aromatic heterocycles. The van der Waals surface area contributed by atoms with Crippen LogP contribution >= 0.6 is 22.9 Å². The van der Waals surface area contributed by atoms with E-state index in [4.69, 9.17) is 35.3 Å². The summed E-state index contributed by atoms with van der Waals surface area (Å²) >= 11 is 7.29. The molecule has 1 saturated carbocycles. The van der Waals surface area contributed by atoms with Crippen molar-refractivity contribution in [2.45, 2.75) is 82.5 Å². The molecule has 8 rings (SSSR count). The Kier molecular flexibility index (Phi) is 25.6. The van der Waals surface area contributed by atoms with Gasteiger partial charge in [0.05, 0.1) is 70.6 Å². The number of anilines is 2. The number of aromatic nitrogens is 4. The maximum atomic E-state index is 14.3. The van der Waals surface area contributed by atoms with Gasteiger partial charge in [0.15, 0.2) is 5.13 Å². The first-order chi connectivity index (χ1) is 42.1. The molecule has 1 aliphatic carbocycles. The molecule has 1 unspecified atom stereocenters. The summed E-state index contributed by atoms with van der Waals surface area (Å²) < 4.78 is 73.4. The molecule has 1 aliphatic heterocycles. The fraction of sp³-hybridized carbons (Fsp3) is 0.468. The number of benzene rings is 4. The van der Waals surface area contributed by atoms with Crippen molar-refractivity contribution in [2.75, 3.05) is 117 Å². The van der Waals surface area contributed by atoms with Crippen LogP contribution < -0.4 is 25.4 Å². The molecule has 0 radical (unpaired) electrons. The molecule has 1 saturated heterocycles. The minimum absolute atomic E-state index is 0.0310. The highest BCUT2D eigenvalue weighted by molar-refractivity contribution is 7.14. The lowest BCUT2D eigenvalue weighted by Crippen LogP contribution is -2.56. The van der Waals surface area contributed by atoms with Crippen molar-refractivity contribution in [3.8, 4) is 11.5 Å². The summed E-state index contributed by atoms with van der Waals surface area (Å²) in [6.07, 6.45) is 3.61. The van der Waals surface area contributed by atoms with E-state index in [0.29, 0.717) is 124 Å². The Morgan fingerprint density at radius 2 is 1.41 bits per heavy atom. The van der Waals surface area contributed by atoms with Gasteiger partial charge in [-0.2, -0.15) is 0 Å². The summed E-state index contributed by atoms with van der Waals surface area (Å²) in [4.78, 5) is 65.1. The molecular weight excluding hydrogens is 1170 g/mol. The number of urea groups is 1. The van der Waals surface area contributed by atoms with Crippen LogP contribution in [0.5, 0.6) is 11.5 Å². The van der Waals surface area contributed by atoms with Gasteiger partial charge in [-0.25, -0.2) is 27.6 Å². The number of hydrogen-bond acceptors (Lipinski definition) is 15. The molecule has 3 heterocycles. The number of nitrogens with zero attached hydrogens (tertiary/aromatic N) is 8. The summed E-state index contributed by atoms with van der Waals surface area (Å²) in [7, 11) is 4.09. The number of likely N-dealkylation sites (N-methyl/N-ethyl adjacent to an activating group) is 2. The zero-order chi connectivity index (χ0) is 61.4. The number of nitrogens with one attached hydrogen (secondary N) is 3. The summed E-state index contributed by atoms with van der Waals surface area (Å²) in [5.41, 5.74) is 3.96. The number of piperazine rings is 1. The molecule has 25 heteroatoms. The number of thiazole rings is 1.